The highest BCUT2D eigenvalue weighted by Crippen LogP contribution is 2.42. The largest absolute Gasteiger partial charge is 0.468 e. The highest BCUT2D eigenvalue weighted by molar-refractivity contribution is 7.98. The first kappa shape index (κ1) is 21.3. The van der Waals surface area contributed by atoms with Crippen LogP contribution in [0.1, 0.15) is 30.7 Å². The summed E-state index contributed by atoms with van der Waals surface area (Å²) in [6, 6.07) is 13.8. The number of hydrogen-bond donors (Lipinski definition) is 1. The van der Waals surface area contributed by atoms with Gasteiger partial charge in [-0.25, -0.2) is 4.79 Å². The van der Waals surface area contributed by atoms with E-state index in [1.54, 1.807) is 18.0 Å². The number of benzene rings is 1. The Morgan fingerprint density at radius 1 is 1.26 bits per heavy atom. The Hall–Kier alpha value is -2.93. The highest BCUT2D eigenvalue weighted by Gasteiger charge is 2.35. The molecule has 31 heavy (non-hydrogen) atoms. The molecule has 0 unspecified atom stereocenters. The molecule has 0 aliphatic carbocycles. The van der Waals surface area contributed by atoms with Gasteiger partial charge in [-0.2, -0.15) is 11.8 Å². The minimum Gasteiger partial charge on any atom is -0.468 e. The average molecular weight is 438 g/mol. The maximum absolute atomic E-state index is 12.2. The van der Waals surface area contributed by atoms with Crippen LogP contribution in [0.3, 0.4) is 0 Å². The SMILES string of the molecule is CC1(C)CN(Cc2ccncc2)c2ccc(OC(=O)NCCSCc3ccco3)cc21. The number of ether oxygens (including phenoxy) is 1. The zero-order valence-electron chi connectivity index (χ0n) is 17.8. The van der Waals surface area contributed by atoms with E-state index in [-0.39, 0.29) is 5.41 Å². The number of anilines is 1. The van der Waals surface area contributed by atoms with Crippen LogP contribution in [0, 0.1) is 0 Å². The molecule has 1 amide bonds. The van der Waals surface area contributed by atoms with Crippen molar-refractivity contribution in [1.82, 2.24) is 10.3 Å². The van der Waals surface area contributed by atoms with E-state index >= 15 is 0 Å². The summed E-state index contributed by atoms with van der Waals surface area (Å²) in [6.45, 7) is 6.72. The Labute approximate surface area is 187 Å². The number of pyridine rings is 1. The first-order valence-corrected chi connectivity index (χ1v) is 11.5. The summed E-state index contributed by atoms with van der Waals surface area (Å²) in [7, 11) is 0. The van der Waals surface area contributed by atoms with E-state index in [4.69, 9.17) is 9.15 Å². The fraction of sp³-hybridized carbons (Fsp3) is 0.333. The van der Waals surface area contributed by atoms with Gasteiger partial charge in [-0.05, 0) is 53.6 Å². The zero-order chi connectivity index (χ0) is 21.7. The van der Waals surface area contributed by atoms with Crippen molar-refractivity contribution >= 4 is 23.5 Å². The molecule has 1 aliphatic heterocycles. The second-order valence-corrected chi connectivity index (χ2v) is 9.33. The van der Waals surface area contributed by atoms with Crippen molar-refractivity contribution < 1.29 is 13.9 Å². The van der Waals surface area contributed by atoms with E-state index in [9.17, 15) is 4.79 Å². The van der Waals surface area contributed by atoms with Crippen LogP contribution >= 0.6 is 11.8 Å². The number of nitrogens with zero attached hydrogens (tertiary/aromatic N) is 2. The van der Waals surface area contributed by atoms with Gasteiger partial charge in [0.2, 0.25) is 0 Å². The summed E-state index contributed by atoms with van der Waals surface area (Å²) in [5.74, 6) is 3.08. The van der Waals surface area contributed by atoms with Gasteiger partial charge < -0.3 is 19.4 Å². The number of rotatable bonds is 8. The summed E-state index contributed by atoms with van der Waals surface area (Å²) < 4.78 is 10.8. The molecule has 7 heteroatoms. The van der Waals surface area contributed by atoms with Gasteiger partial charge in [0, 0.05) is 48.9 Å². The third-order valence-corrected chi connectivity index (χ3v) is 6.28. The Morgan fingerprint density at radius 2 is 2.10 bits per heavy atom. The van der Waals surface area contributed by atoms with Gasteiger partial charge in [-0.1, -0.05) is 13.8 Å². The molecule has 0 bridgehead atoms. The van der Waals surface area contributed by atoms with E-state index in [0.29, 0.717) is 12.3 Å². The van der Waals surface area contributed by atoms with E-state index < -0.39 is 6.09 Å². The number of fused-ring (bicyclic) bond motifs is 1. The quantitative estimate of drug-likeness (QED) is 0.501. The lowest BCUT2D eigenvalue weighted by molar-refractivity contribution is 0.201. The molecule has 162 valence electrons. The van der Waals surface area contributed by atoms with Crippen LogP contribution in [0.2, 0.25) is 0 Å². The molecule has 0 radical (unpaired) electrons. The van der Waals surface area contributed by atoms with Crippen LogP contribution in [-0.2, 0) is 17.7 Å². The molecule has 6 nitrogen and oxygen atoms in total. The Balaban J connectivity index is 1.31. The minimum absolute atomic E-state index is 0.0271. The number of thioether (sulfide) groups is 1. The standard InChI is InChI=1S/C24H27N3O3S/c1-24(2)17-27(15-18-7-9-25-10-8-18)22-6-5-19(14-21(22)24)30-23(28)26-11-13-31-16-20-4-3-12-29-20/h3-10,12,14H,11,13,15-17H2,1-2H3,(H,26,28). The molecule has 0 saturated heterocycles. The smallest absolute Gasteiger partial charge is 0.412 e. The highest BCUT2D eigenvalue weighted by atomic mass is 32.2. The van der Waals surface area contributed by atoms with Crippen LogP contribution < -0.4 is 15.0 Å². The Kier molecular flexibility index (Phi) is 6.51. The normalized spacial score (nSPS) is 14.3. The summed E-state index contributed by atoms with van der Waals surface area (Å²) >= 11 is 1.70. The van der Waals surface area contributed by atoms with Crippen LogP contribution in [0.15, 0.2) is 65.5 Å². The van der Waals surface area contributed by atoms with E-state index in [2.05, 4.69) is 29.0 Å². The summed E-state index contributed by atoms with van der Waals surface area (Å²) in [5, 5.41) is 2.81. The van der Waals surface area contributed by atoms with E-state index in [1.807, 2.05) is 54.9 Å². The number of amides is 1. The molecular weight excluding hydrogens is 410 g/mol. The van der Waals surface area contributed by atoms with Crippen molar-refractivity contribution in [2.75, 3.05) is 23.7 Å². The van der Waals surface area contributed by atoms with Crippen LogP contribution in [0.25, 0.3) is 0 Å². The molecule has 1 aliphatic rings. The second kappa shape index (κ2) is 9.47. The van der Waals surface area contributed by atoms with Gasteiger partial charge >= 0.3 is 6.09 Å². The zero-order valence-corrected chi connectivity index (χ0v) is 18.7. The van der Waals surface area contributed by atoms with Crippen molar-refractivity contribution in [2.45, 2.75) is 31.6 Å². The number of aromatic nitrogens is 1. The maximum atomic E-state index is 12.2. The monoisotopic (exact) mass is 437 g/mol. The van der Waals surface area contributed by atoms with Crippen LogP contribution in [0.4, 0.5) is 10.5 Å². The minimum atomic E-state index is -0.428. The lowest BCUT2D eigenvalue weighted by Gasteiger charge is -2.22. The van der Waals surface area contributed by atoms with Crippen molar-refractivity contribution in [2.24, 2.45) is 0 Å². The molecular formula is C24H27N3O3S. The number of carbonyl (C=O) groups excluding carboxylic acids is 1. The van der Waals surface area contributed by atoms with Gasteiger partial charge in [0.1, 0.15) is 11.5 Å². The predicted molar refractivity (Wildman–Crippen MR) is 124 cm³/mol. The first-order chi connectivity index (χ1) is 15.0. The van der Waals surface area contributed by atoms with E-state index in [1.165, 1.54) is 16.8 Å². The van der Waals surface area contributed by atoms with Crippen molar-refractivity contribution in [3.63, 3.8) is 0 Å². The second-order valence-electron chi connectivity index (χ2n) is 8.22. The number of carbonyl (C=O) groups is 1. The lowest BCUT2D eigenvalue weighted by Crippen LogP contribution is -2.29. The number of hydrogen-bond acceptors (Lipinski definition) is 6. The summed E-state index contributed by atoms with van der Waals surface area (Å²) in [5.41, 5.74) is 3.58. The average Bonchev–Trinajstić information content (AvgIpc) is 3.35. The summed E-state index contributed by atoms with van der Waals surface area (Å²) in [4.78, 5) is 18.7. The third kappa shape index (κ3) is 5.41. The predicted octanol–water partition coefficient (Wildman–Crippen LogP) is 4.99. The first-order valence-electron chi connectivity index (χ1n) is 10.4. The van der Waals surface area contributed by atoms with E-state index in [0.717, 1.165) is 30.4 Å². The molecule has 4 rings (SSSR count). The lowest BCUT2D eigenvalue weighted by atomic mass is 9.87. The Morgan fingerprint density at radius 3 is 2.87 bits per heavy atom. The number of nitrogens with one attached hydrogen (secondary N) is 1. The van der Waals surface area contributed by atoms with Gasteiger partial charge in [0.25, 0.3) is 0 Å². The van der Waals surface area contributed by atoms with Gasteiger partial charge in [-0.15, -0.1) is 0 Å². The van der Waals surface area contributed by atoms with Gasteiger partial charge in [0.15, 0.2) is 0 Å². The molecule has 0 atom stereocenters. The van der Waals surface area contributed by atoms with Crippen molar-refractivity contribution in [1.29, 1.82) is 0 Å². The van der Waals surface area contributed by atoms with Crippen LogP contribution in [-0.4, -0.2) is 29.9 Å². The van der Waals surface area contributed by atoms with Gasteiger partial charge in [-0.3, -0.25) is 4.98 Å². The molecule has 2 aromatic heterocycles. The number of furan rings is 1. The van der Waals surface area contributed by atoms with Crippen molar-refractivity contribution in [3.8, 4) is 5.75 Å². The van der Waals surface area contributed by atoms with Crippen LogP contribution in [0.5, 0.6) is 5.75 Å². The van der Waals surface area contributed by atoms with Gasteiger partial charge in [0.05, 0.1) is 12.0 Å². The summed E-state index contributed by atoms with van der Waals surface area (Å²) in [6.07, 6.45) is 4.88. The Bertz CT molecular complexity index is 1010. The molecule has 0 spiro atoms. The molecule has 0 saturated carbocycles. The topological polar surface area (TPSA) is 67.6 Å². The molecule has 3 heterocycles. The third-order valence-electron chi connectivity index (χ3n) is 5.30. The van der Waals surface area contributed by atoms with Crippen molar-refractivity contribution in [3.05, 3.63) is 78.0 Å². The fourth-order valence-electron chi connectivity index (χ4n) is 3.83. The maximum Gasteiger partial charge on any atom is 0.412 e. The molecule has 0 fully saturated rings. The molecule has 1 aromatic carbocycles. The molecule has 3 aromatic rings. The fourth-order valence-corrected chi connectivity index (χ4v) is 4.59. The molecule has 1 N–H and O–H groups in total.